The van der Waals surface area contributed by atoms with Crippen molar-refractivity contribution in [2.75, 3.05) is 19.6 Å². The van der Waals surface area contributed by atoms with Crippen molar-refractivity contribution in [1.29, 1.82) is 0 Å². The maximum absolute atomic E-state index is 12.5. The molecule has 2 amide bonds. The van der Waals surface area contributed by atoms with Gasteiger partial charge in [0.15, 0.2) is 11.6 Å². The minimum Gasteiger partial charge on any atom is -0.355 e. The molecule has 26 heavy (non-hydrogen) atoms. The molecule has 3 atom stereocenters. The molecule has 0 bridgehead atoms. The monoisotopic (exact) mass is 375 g/mol. The summed E-state index contributed by atoms with van der Waals surface area (Å²) in [6, 6.07) is 7.93. The highest BCUT2D eigenvalue weighted by atomic mass is 32.1. The lowest BCUT2D eigenvalue weighted by atomic mass is 10.0. The van der Waals surface area contributed by atoms with Crippen molar-refractivity contribution in [3.63, 3.8) is 0 Å². The summed E-state index contributed by atoms with van der Waals surface area (Å²) >= 11 is 1.73. The number of rotatable bonds is 6. The van der Waals surface area contributed by atoms with Crippen molar-refractivity contribution in [2.24, 2.45) is 0 Å². The van der Waals surface area contributed by atoms with Crippen LogP contribution in [0.1, 0.15) is 44.2 Å². The number of piperidine rings is 1. The number of fused-ring (bicyclic) bond motifs is 1. The van der Waals surface area contributed by atoms with Gasteiger partial charge >= 0.3 is 0 Å². The summed E-state index contributed by atoms with van der Waals surface area (Å²) in [6.07, 6.45) is 3.34. The molecule has 1 aliphatic heterocycles. The molecule has 0 saturated carbocycles. The number of aromatic nitrogens is 1. The maximum Gasteiger partial charge on any atom is 0.275 e. The second-order valence-corrected chi connectivity index (χ2v) is 7.90. The molecular formula is C19H27N4O2S+. The SMILES string of the molecule is CCNC(=O)[C@@H](C)NC(=O)C[NH+]1CCCC[C@@H]1c1nc2ccccc2s1. The molecule has 1 aliphatic rings. The van der Waals surface area contributed by atoms with Crippen LogP contribution >= 0.6 is 11.3 Å². The van der Waals surface area contributed by atoms with Crippen LogP contribution in [0.5, 0.6) is 0 Å². The topological polar surface area (TPSA) is 75.5 Å². The van der Waals surface area contributed by atoms with E-state index >= 15 is 0 Å². The summed E-state index contributed by atoms with van der Waals surface area (Å²) in [4.78, 5) is 30.3. The van der Waals surface area contributed by atoms with Crippen molar-refractivity contribution >= 4 is 33.4 Å². The zero-order chi connectivity index (χ0) is 18.5. The number of likely N-dealkylation sites (N-methyl/N-ethyl adjacent to an activating group) is 1. The molecule has 2 aromatic rings. The fraction of sp³-hybridized carbons (Fsp3) is 0.526. The van der Waals surface area contributed by atoms with E-state index in [9.17, 15) is 9.59 Å². The number of thiazole rings is 1. The Balaban J connectivity index is 1.67. The van der Waals surface area contributed by atoms with Gasteiger partial charge in [-0.05, 0) is 38.8 Å². The number of para-hydroxylation sites is 1. The molecule has 3 rings (SSSR count). The fourth-order valence-corrected chi connectivity index (χ4v) is 4.68. The molecule has 1 aromatic heterocycles. The standard InChI is InChI=1S/C19H26N4O2S/c1-3-20-18(25)13(2)21-17(24)12-23-11-7-6-9-15(23)19-22-14-8-4-5-10-16(14)26-19/h4-5,8,10,13,15H,3,6-7,9,11-12H2,1-2H3,(H,20,25)(H,21,24)/p+1/t13-,15-/m1/s1. The second-order valence-electron chi connectivity index (χ2n) is 6.84. The Morgan fingerprint density at radius 2 is 2.15 bits per heavy atom. The number of nitrogens with one attached hydrogen (secondary N) is 3. The Morgan fingerprint density at radius 1 is 1.35 bits per heavy atom. The van der Waals surface area contributed by atoms with Crippen LogP contribution in [0.2, 0.25) is 0 Å². The molecular weight excluding hydrogens is 348 g/mol. The summed E-state index contributed by atoms with van der Waals surface area (Å²) in [7, 11) is 0. The number of likely N-dealkylation sites (tertiary alicyclic amines) is 1. The quantitative estimate of drug-likeness (QED) is 0.706. The van der Waals surface area contributed by atoms with Crippen molar-refractivity contribution in [2.45, 2.75) is 45.2 Å². The molecule has 0 radical (unpaired) electrons. The number of nitrogens with zero attached hydrogens (tertiary/aromatic N) is 1. The highest BCUT2D eigenvalue weighted by molar-refractivity contribution is 7.18. The lowest BCUT2D eigenvalue weighted by molar-refractivity contribution is -0.929. The second kappa shape index (κ2) is 8.60. The van der Waals surface area contributed by atoms with Gasteiger partial charge in [-0.1, -0.05) is 12.1 Å². The summed E-state index contributed by atoms with van der Waals surface area (Å²) in [5.74, 6) is -0.219. The van der Waals surface area contributed by atoms with Gasteiger partial charge in [0, 0.05) is 13.0 Å². The maximum atomic E-state index is 12.5. The van der Waals surface area contributed by atoms with Gasteiger partial charge in [0.2, 0.25) is 5.91 Å². The van der Waals surface area contributed by atoms with Gasteiger partial charge in [0.25, 0.3) is 5.91 Å². The predicted octanol–water partition coefficient (Wildman–Crippen LogP) is 1.05. The van der Waals surface area contributed by atoms with Crippen molar-refractivity contribution < 1.29 is 14.5 Å². The van der Waals surface area contributed by atoms with Crippen molar-refractivity contribution in [3.8, 4) is 0 Å². The Bertz CT molecular complexity index is 743. The lowest BCUT2D eigenvalue weighted by Crippen LogP contribution is -3.14. The van der Waals surface area contributed by atoms with E-state index in [0.29, 0.717) is 13.1 Å². The molecule has 2 heterocycles. The van der Waals surface area contributed by atoms with E-state index in [4.69, 9.17) is 4.98 Å². The Kier molecular flexibility index (Phi) is 6.21. The van der Waals surface area contributed by atoms with E-state index in [1.54, 1.807) is 18.3 Å². The highest BCUT2D eigenvalue weighted by Gasteiger charge is 2.32. The van der Waals surface area contributed by atoms with Crippen LogP contribution in [0.3, 0.4) is 0 Å². The summed E-state index contributed by atoms with van der Waals surface area (Å²) in [5.41, 5.74) is 1.03. The molecule has 1 saturated heterocycles. The molecule has 0 spiro atoms. The predicted molar refractivity (Wildman–Crippen MR) is 103 cm³/mol. The third-order valence-electron chi connectivity index (χ3n) is 4.85. The van der Waals surface area contributed by atoms with Gasteiger partial charge in [-0.2, -0.15) is 0 Å². The van der Waals surface area contributed by atoms with Crippen LogP contribution in [-0.4, -0.2) is 42.5 Å². The van der Waals surface area contributed by atoms with Crippen molar-refractivity contribution in [1.82, 2.24) is 15.6 Å². The van der Waals surface area contributed by atoms with E-state index < -0.39 is 6.04 Å². The van der Waals surface area contributed by atoms with Gasteiger partial charge in [0.05, 0.1) is 16.8 Å². The molecule has 1 aromatic carbocycles. The average Bonchev–Trinajstić information content (AvgIpc) is 3.06. The van der Waals surface area contributed by atoms with E-state index in [-0.39, 0.29) is 17.9 Å². The molecule has 1 unspecified atom stereocenters. The molecule has 140 valence electrons. The van der Waals surface area contributed by atoms with E-state index in [0.717, 1.165) is 29.9 Å². The van der Waals surface area contributed by atoms with E-state index in [1.807, 2.05) is 25.1 Å². The Morgan fingerprint density at radius 3 is 2.92 bits per heavy atom. The average molecular weight is 376 g/mol. The Labute approximate surface area is 158 Å². The molecule has 3 N–H and O–H groups in total. The molecule has 6 nitrogen and oxygen atoms in total. The molecule has 7 heteroatoms. The normalized spacial score (nSPS) is 21.3. The van der Waals surface area contributed by atoms with Gasteiger partial charge in [-0.15, -0.1) is 11.3 Å². The minimum atomic E-state index is -0.507. The van der Waals surface area contributed by atoms with Crippen LogP contribution in [0.25, 0.3) is 10.2 Å². The number of carbonyl (C=O) groups is 2. The number of benzene rings is 1. The van der Waals surface area contributed by atoms with Gasteiger partial charge in [-0.3, -0.25) is 9.59 Å². The number of quaternary nitrogens is 1. The van der Waals surface area contributed by atoms with Gasteiger partial charge < -0.3 is 15.5 Å². The zero-order valence-corrected chi connectivity index (χ0v) is 16.2. The summed E-state index contributed by atoms with van der Waals surface area (Å²) in [5, 5.41) is 6.67. The van der Waals surface area contributed by atoms with Gasteiger partial charge in [-0.25, -0.2) is 4.98 Å². The number of hydrogen-bond donors (Lipinski definition) is 3. The van der Waals surface area contributed by atoms with Crippen LogP contribution in [0.15, 0.2) is 24.3 Å². The van der Waals surface area contributed by atoms with Crippen LogP contribution in [0.4, 0.5) is 0 Å². The smallest absolute Gasteiger partial charge is 0.275 e. The van der Waals surface area contributed by atoms with Crippen LogP contribution in [-0.2, 0) is 9.59 Å². The first-order chi connectivity index (χ1) is 12.6. The summed E-state index contributed by atoms with van der Waals surface area (Å²) in [6.45, 7) is 5.50. The van der Waals surface area contributed by atoms with Crippen LogP contribution in [0, 0.1) is 0 Å². The molecule has 1 fully saturated rings. The third-order valence-corrected chi connectivity index (χ3v) is 6.00. The fourth-order valence-electron chi connectivity index (χ4n) is 3.52. The van der Waals surface area contributed by atoms with E-state index in [2.05, 4.69) is 16.7 Å². The first-order valence-electron chi connectivity index (χ1n) is 9.35. The van der Waals surface area contributed by atoms with Gasteiger partial charge in [0.1, 0.15) is 12.1 Å². The first kappa shape index (κ1) is 18.8. The number of hydrogen-bond acceptors (Lipinski definition) is 4. The lowest BCUT2D eigenvalue weighted by Gasteiger charge is -2.31. The number of amides is 2. The third kappa shape index (κ3) is 4.40. The van der Waals surface area contributed by atoms with Crippen LogP contribution < -0.4 is 15.5 Å². The van der Waals surface area contributed by atoms with Crippen molar-refractivity contribution in [3.05, 3.63) is 29.3 Å². The number of carbonyl (C=O) groups excluding carboxylic acids is 2. The first-order valence-corrected chi connectivity index (χ1v) is 10.2. The summed E-state index contributed by atoms with van der Waals surface area (Å²) < 4.78 is 1.20. The molecule has 0 aliphatic carbocycles. The Hall–Kier alpha value is -1.99. The van der Waals surface area contributed by atoms with E-state index in [1.165, 1.54) is 16.0 Å². The minimum absolute atomic E-state index is 0.0771. The zero-order valence-electron chi connectivity index (χ0n) is 15.4. The highest BCUT2D eigenvalue weighted by Crippen LogP contribution is 2.28. The largest absolute Gasteiger partial charge is 0.355 e.